The van der Waals surface area contributed by atoms with Crippen molar-refractivity contribution in [3.05, 3.63) is 34.9 Å². The number of alkyl halides is 6. The summed E-state index contributed by atoms with van der Waals surface area (Å²) < 4.78 is 74.6. The van der Waals surface area contributed by atoms with Gasteiger partial charge in [-0.05, 0) is 18.2 Å². The lowest BCUT2D eigenvalue weighted by atomic mass is 10.0. The van der Waals surface area contributed by atoms with Crippen LogP contribution in [0.25, 0.3) is 0 Å². The van der Waals surface area contributed by atoms with Gasteiger partial charge in [0.25, 0.3) is 5.91 Å². The van der Waals surface area contributed by atoms with Crippen LogP contribution in [0.1, 0.15) is 28.9 Å². The van der Waals surface area contributed by atoms with Gasteiger partial charge >= 0.3 is 12.4 Å². The van der Waals surface area contributed by atoms with E-state index in [2.05, 4.69) is 0 Å². The molecule has 2 nitrogen and oxygen atoms in total. The fraction of sp³-hybridized carbons (Fsp3) is 0.364. The second kappa shape index (κ2) is 5.50. The second-order valence-electron chi connectivity index (χ2n) is 3.34. The van der Waals surface area contributed by atoms with E-state index in [0.717, 1.165) is 7.05 Å². The van der Waals surface area contributed by atoms with Gasteiger partial charge in [0.15, 0.2) is 0 Å². The van der Waals surface area contributed by atoms with Gasteiger partial charge in [0.2, 0.25) is 0 Å². The van der Waals surface area contributed by atoms with Crippen LogP contribution in [0.15, 0.2) is 18.2 Å². The van der Waals surface area contributed by atoms with E-state index < -0.39 is 35.0 Å². The highest BCUT2D eigenvalue weighted by atomic mass is 19.4. The molecule has 0 bridgehead atoms. The van der Waals surface area contributed by atoms with Gasteiger partial charge in [-0.1, -0.05) is 7.43 Å². The lowest BCUT2D eigenvalue weighted by Gasteiger charge is -2.14. The van der Waals surface area contributed by atoms with Gasteiger partial charge in [0, 0.05) is 7.05 Å². The van der Waals surface area contributed by atoms with E-state index in [-0.39, 0.29) is 13.5 Å². The predicted octanol–water partition coefficient (Wildman–Crippen LogP) is 3.72. The van der Waals surface area contributed by atoms with Crippen LogP contribution in [0, 0.1) is 0 Å². The van der Waals surface area contributed by atoms with Crippen molar-refractivity contribution in [1.82, 2.24) is 5.32 Å². The van der Waals surface area contributed by atoms with Crippen LogP contribution in [0.2, 0.25) is 0 Å². The number of carbonyl (C=O) groups excluding carboxylic acids is 1. The van der Waals surface area contributed by atoms with Crippen LogP contribution in [0.5, 0.6) is 0 Å². The van der Waals surface area contributed by atoms with Crippen LogP contribution in [0.3, 0.4) is 0 Å². The summed E-state index contributed by atoms with van der Waals surface area (Å²) in [4.78, 5) is 11.1. The summed E-state index contributed by atoms with van der Waals surface area (Å²) in [6.07, 6.45) is -9.94. The molecule has 1 aromatic carbocycles. The zero-order valence-electron chi connectivity index (χ0n) is 8.91. The third kappa shape index (κ3) is 3.87. The Hall–Kier alpha value is -1.73. The van der Waals surface area contributed by atoms with Gasteiger partial charge in [-0.15, -0.1) is 0 Å². The maximum atomic E-state index is 12.6. The third-order valence-electron chi connectivity index (χ3n) is 2.12. The van der Waals surface area contributed by atoms with Crippen LogP contribution in [-0.4, -0.2) is 13.0 Å². The zero-order chi connectivity index (χ0) is 14.1. The highest BCUT2D eigenvalue weighted by Crippen LogP contribution is 2.37. The summed E-state index contributed by atoms with van der Waals surface area (Å²) in [5.74, 6) is -1.10. The van der Waals surface area contributed by atoms with Gasteiger partial charge in [0.05, 0.1) is 16.7 Å². The van der Waals surface area contributed by atoms with Gasteiger partial charge in [-0.2, -0.15) is 26.3 Å². The molecule has 0 heterocycles. The number of halogens is 6. The molecule has 0 radical (unpaired) electrons. The molecule has 0 fully saturated rings. The Balaban J connectivity index is 0.00000324. The summed E-state index contributed by atoms with van der Waals surface area (Å²) >= 11 is 0. The van der Waals surface area contributed by atoms with Crippen LogP contribution >= 0.6 is 0 Å². The van der Waals surface area contributed by atoms with Crippen molar-refractivity contribution in [2.45, 2.75) is 19.8 Å². The lowest BCUT2D eigenvalue weighted by Crippen LogP contribution is -2.23. The number of amides is 1. The van der Waals surface area contributed by atoms with Crippen LogP contribution < -0.4 is 5.32 Å². The van der Waals surface area contributed by atoms with E-state index in [9.17, 15) is 31.1 Å². The molecular formula is C11H11F6NO. The topological polar surface area (TPSA) is 29.1 Å². The van der Waals surface area contributed by atoms with Crippen molar-refractivity contribution in [3.8, 4) is 0 Å². The Morgan fingerprint density at radius 3 is 1.95 bits per heavy atom. The Bertz CT molecular complexity index is 463. The molecule has 0 unspecified atom stereocenters. The highest BCUT2D eigenvalue weighted by molar-refractivity contribution is 5.95. The van der Waals surface area contributed by atoms with Crippen molar-refractivity contribution in [2.24, 2.45) is 0 Å². The molecule has 19 heavy (non-hydrogen) atoms. The van der Waals surface area contributed by atoms with E-state index in [0.29, 0.717) is 12.1 Å². The quantitative estimate of drug-likeness (QED) is 0.784. The molecule has 0 spiro atoms. The smallest absolute Gasteiger partial charge is 0.355 e. The molecule has 0 aliphatic carbocycles. The van der Waals surface area contributed by atoms with Crippen molar-refractivity contribution in [2.75, 3.05) is 7.05 Å². The third-order valence-corrected chi connectivity index (χ3v) is 2.12. The fourth-order valence-corrected chi connectivity index (χ4v) is 1.29. The first-order valence-corrected chi connectivity index (χ1v) is 4.58. The first-order valence-electron chi connectivity index (χ1n) is 4.58. The minimum absolute atomic E-state index is 0. The summed E-state index contributed by atoms with van der Waals surface area (Å²) in [5.41, 5.74) is -3.92. The van der Waals surface area contributed by atoms with Crippen molar-refractivity contribution < 1.29 is 31.1 Å². The Labute approximate surface area is 105 Å². The molecule has 0 saturated carbocycles. The van der Waals surface area contributed by atoms with E-state index in [1.165, 1.54) is 0 Å². The summed E-state index contributed by atoms with van der Waals surface area (Å²) in [6.45, 7) is 0. The number of rotatable bonds is 1. The molecule has 0 atom stereocenters. The average Bonchev–Trinajstić information content (AvgIpc) is 2.24. The predicted molar refractivity (Wildman–Crippen MR) is 56.6 cm³/mol. The van der Waals surface area contributed by atoms with E-state index >= 15 is 0 Å². The van der Waals surface area contributed by atoms with Crippen LogP contribution in [-0.2, 0) is 12.4 Å². The first-order chi connectivity index (χ1) is 8.07. The minimum Gasteiger partial charge on any atom is -0.355 e. The summed E-state index contributed by atoms with van der Waals surface area (Å²) in [5, 5.41) is 1.93. The molecule has 8 heteroatoms. The molecule has 1 N–H and O–H groups in total. The molecule has 108 valence electrons. The molecule has 1 rings (SSSR count). The molecule has 0 aromatic heterocycles. The summed E-state index contributed by atoms with van der Waals surface area (Å²) in [7, 11) is 1.08. The maximum Gasteiger partial charge on any atom is 0.417 e. The maximum absolute atomic E-state index is 12.6. The normalized spacial score (nSPS) is 11.7. The average molecular weight is 287 g/mol. The van der Waals surface area contributed by atoms with Gasteiger partial charge < -0.3 is 5.32 Å². The number of carbonyl (C=O) groups is 1. The molecule has 0 aliphatic rings. The molecule has 1 amide bonds. The van der Waals surface area contributed by atoms with E-state index in [4.69, 9.17) is 0 Å². The summed E-state index contributed by atoms with van der Waals surface area (Å²) in [6, 6.07) is 0.856. The largest absolute Gasteiger partial charge is 0.417 e. The Morgan fingerprint density at radius 2 is 1.58 bits per heavy atom. The number of nitrogens with one attached hydrogen (secondary N) is 1. The number of hydrogen-bond acceptors (Lipinski definition) is 1. The van der Waals surface area contributed by atoms with Gasteiger partial charge in [-0.25, -0.2) is 0 Å². The molecule has 0 saturated heterocycles. The SMILES string of the molecule is C.CNC(=O)c1ccc(C(F)(F)F)cc1C(F)(F)F. The number of hydrogen-bond donors (Lipinski definition) is 1. The molecule has 0 aliphatic heterocycles. The van der Waals surface area contributed by atoms with E-state index in [1.54, 1.807) is 0 Å². The van der Waals surface area contributed by atoms with Crippen molar-refractivity contribution >= 4 is 5.91 Å². The van der Waals surface area contributed by atoms with Gasteiger partial charge in [0.1, 0.15) is 0 Å². The second-order valence-corrected chi connectivity index (χ2v) is 3.34. The lowest BCUT2D eigenvalue weighted by molar-refractivity contribution is -0.143. The van der Waals surface area contributed by atoms with Crippen molar-refractivity contribution in [1.29, 1.82) is 0 Å². The van der Waals surface area contributed by atoms with Gasteiger partial charge in [-0.3, -0.25) is 4.79 Å². The van der Waals surface area contributed by atoms with E-state index in [1.807, 2.05) is 5.32 Å². The van der Waals surface area contributed by atoms with Crippen LogP contribution in [0.4, 0.5) is 26.3 Å². The highest BCUT2D eigenvalue weighted by Gasteiger charge is 2.39. The fourth-order valence-electron chi connectivity index (χ4n) is 1.29. The monoisotopic (exact) mass is 287 g/mol. The zero-order valence-corrected chi connectivity index (χ0v) is 8.91. The standard InChI is InChI=1S/C10H7F6NO.CH4/c1-17-8(18)6-3-2-5(9(11,12)13)4-7(6)10(14,15)16;/h2-4H,1H3,(H,17,18);1H4. The first kappa shape index (κ1) is 17.3. The molecule has 1 aromatic rings. The Morgan fingerprint density at radius 1 is 1.05 bits per heavy atom. The molecular weight excluding hydrogens is 276 g/mol. The minimum atomic E-state index is -5.04. The van der Waals surface area contributed by atoms with Crippen molar-refractivity contribution in [3.63, 3.8) is 0 Å². The number of benzene rings is 1. The Kier molecular flexibility index (Phi) is 5.00.